The second-order valence-corrected chi connectivity index (χ2v) is 10.2. The smallest absolute Gasteiger partial charge is 0.282 e. The molecule has 198 valence electrons. The molecular weight excluding hydrogens is 594 g/mol. The van der Waals surface area contributed by atoms with Crippen LogP contribution in [0.1, 0.15) is 11.1 Å². The Labute approximate surface area is 242 Å². The van der Waals surface area contributed by atoms with Crippen molar-refractivity contribution in [2.45, 2.75) is 6.61 Å². The van der Waals surface area contributed by atoms with E-state index in [4.69, 9.17) is 30.5 Å². The van der Waals surface area contributed by atoms with Gasteiger partial charge in [0.1, 0.15) is 23.7 Å². The highest BCUT2D eigenvalue weighted by Crippen LogP contribution is 2.33. The summed E-state index contributed by atoms with van der Waals surface area (Å²) >= 11 is 9.94. The molecule has 0 amide bonds. The minimum atomic E-state index is -0.329. The first-order valence-corrected chi connectivity index (χ1v) is 13.5. The van der Waals surface area contributed by atoms with Crippen LogP contribution >= 0.6 is 27.5 Å². The average Bonchev–Trinajstić information content (AvgIpc) is 3.41. The molecule has 0 bridgehead atoms. The van der Waals surface area contributed by atoms with Crippen LogP contribution in [0, 0.1) is 0 Å². The third kappa shape index (κ3) is 5.11. The van der Waals surface area contributed by atoms with Crippen molar-refractivity contribution in [1.29, 1.82) is 0 Å². The van der Waals surface area contributed by atoms with E-state index in [9.17, 15) is 4.79 Å². The molecule has 6 aromatic rings. The molecule has 2 aromatic heterocycles. The van der Waals surface area contributed by atoms with E-state index >= 15 is 0 Å². The molecule has 0 aliphatic carbocycles. The van der Waals surface area contributed by atoms with E-state index in [1.807, 2.05) is 54.6 Å². The van der Waals surface area contributed by atoms with Gasteiger partial charge in [-0.05, 0) is 71.8 Å². The minimum absolute atomic E-state index is 0.263. The maximum absolute atomic E-state index is 13.5. The van der Waals surface area contributed by atoms with Crippen molar-refractivity contribution < 1.29 is 13.9 Å². The van der Waals surface area contributed by atoms with Crippen LogP contribution in [0.5, 0.6) is 11.5 Å². The topological polar surface area (TPSA) is 78.9 Å². The van der Waals surface area contributed by atoms with Crippen LogP contribution in [0.2, 0.25) is 5.02 Å². The zero-order valence-electron chi connectivity index (χ0n) is 21.2. The third-order valence-electron chi connectivity index (χ3n) is 6.30. The van der Waals surface area contributed by atoms with Gasteiger partial charge in [-0.1, -0.05) is 57.9 Å². The molecule has 40 heavy (non-hydrogen) atoms. The lowest BCUT2D eigenvalue weighted by Gasteiger charge is -2.09. The predicted molar refractivity (Wildman–Crippen MR) is 161 cm³/mol. The number of rotatable bonds is 7. The number of benzene rings is 4. The second-order valence-electron chi connectivity index (χ2n) is 8.90. The van der Waals surface area contributed by atoms with Crippen molar-refractivity contribution in [2.75, 3.05) is 7.11 Å². The summed E-state index contributed by atoms with van der Waals surface area (Å²) in [6.07, 6.45) is 1.55. The number of hydrogen-bond donors (Lipinski definition) is 0. The van der Waals surface area contributed by atoms with E-state index < -0.39 is 0 Å². The van der Waals surface area contributed by atoms with Gasteiger partial charge in [-0.25, -0.2) is 4.98 Å². The SMILES string of the molecule is COc1cccc2oc(-c3nc4ccccc4c(=O)n3N=Cc3ccc(OCc4ccc(Br)cc4)c(Cl)c3)cc12. The van der Waals surface area contributed by atoms with Gasteiger partial charge in [-0.3, -0.25) is 4.79 Å². The summed E-state index contributed by atoms with van der Waals surface area (Å²) in [6, 6.07) is 27.6. The van der Waals surface area contributed by atoms with E-state index in [0.717, 1.165) is 15.4 Å². The lowest BCUT2D eigenvalue weighted by molar-refractivity contribution is 0.306. The largest absolute Gasteiger partial charge is 0.496 e. The molecule has 4 aromatic carbocycles. The van der Waals surface area contributed by atoms with Gasteiger partial charge >= 0.3 is 0 Å². The molecule has 0 fully saturated rings. The van der Waals surface area contributed by atoms with Crippen LogP contribution in [0.15, 0.2) is 110 Å². The number of furan rings is 1. The van der Waals surface area contributed by atoms with Gasteiger partial charge in [-0.2, -0.15) is 9.78 Å². The van der Waals surface area contributed by atoms with E-state index in [0.29, 0.717) is 50.9 Å². The summed E-state index contributed by atoms with van der Waals surface area (Å²) in [5.41, 5.74) is 2.52. The Balaban J connectivity index is 1.36. The summed E-state index contributed by atoms with van der Waals surface area (Å²) in [5, 5.41) is 6.14. The fourth-order valence-electron chi connectivity index (χ4n) is 4.29. The molecule has 0 N–H and O–H groups in total. The Kier molecular flexibility index (Phi) is 7.11. The van der Waals surface area contributed by atoms with Crippen molar-refractivity contribution >= 4 is 55.6 Å². The Morgan fingerprint density at radius 1 is 0.975 bits per heavy atom. The fraction of sp³-hybridized carbons (Fsp3) is 0.0645. The first kappa shape index (κ1) is 25.9. The van der Waals surface area contributed by atoms with Crippen molar-refractivity contribution in [3.8, 4) is 23.1 Å². The van der Waals surface area contributed by atoms with Gasteiger partial charge in [0.05, 0.1) is 34.6 Å². The number of methoxy groups -OCH3 is 1. The van der Waals surface area contributed by atoms with E-state index in [-0.39, 0.29) is 11.4 Å². The number of para-hydroxylation sites is 1. The monoisotopic (exact) mass is 613 g/mol. The van der Waals surface area contributed by atoms with E-state index in [1.165, 1.54) is 4.68 Å². The van der Waals surface area contributed by atoms with Crippen LogP contribution in [0.4, 0.5) is 0 Å². The maximum atomic E-state index is 13.5. The standard InChI is InChI=1S/C31H21BrClN3O4/c1-38-26-7-4-8-27-23(26)16-29(40-27)30-35-25-6-3-2-5-22(25)31(37)36(30)34-17-20-11-14-28(24(33)15-20)39-18-19-9-12-21(32)13-10-19/h2-17H,18H2,1H3. The number of nitrogens with zero attached hydrogens (tertiary/aromatic N) is 3. The third-order valence-corrected chi connectivity index (χ3v) is 7.13. The summed E-state index contributed by atoms with van der Waals surface area (Å²) < 4.78 is 19.7. The van der Waals surface area contributed by atoms with Gasteiger partial charge < -0.3 is 13.9 Å². The molecule has 0 saturated carbocycles. The van der Waals surface area contributed by atoms with Gasteiger partial charge in [-0.15, -0.1) is 0 Å². The van der Waals surface area contributed by atoms with Crippen molar-refractivity contribution in [3.63, 3.8) is 0 Å². The van der Waals surface area contributed by atoms with Crippen LogP contribution in [0.3, 0.4) is 0 Å². The van der Waals surface area contributed by atoms with Gasteiger partial charge in [0.15, 0.2) is 5.76 Å². The normalized spacial score (nSPS) is 11.5. The fourth-order valence-corrected chi connectivity index (χ4v) is 4.80. The Morgan fingerprint density at radius 3 is 2.60 bits per heavy atom. The van der Waals surface area contributed by atoms with E-state index in [1.54, 1.807) is 49.7 Å². The van der Waals surface area contributed by atoms with Gasteiger partial charge in [0, 0.05) is 4.47 Å². The van der Waals surface area contributed by atoms with Crippen LogP contribution in [0.25, 0.3) is 33.5 Å². The number of hydrogen-bond acceptors (Lipinski definition) is 6. The van der Waals surface area contributed by atoms with Crippen molar-refractivity contribution in [3.05, 3.63) is 122 Å². The molecule has 9 heteroatoms. The maximum Gasteiger partial charge on any atom is 0.282 e. The zero-order valence-corrected chi connectivity index (χ0v) is 23.5. The van der Waals surface area contributed by atoms with E-state index in [2.05, 4.69) is 21.0 Å². The van der Waals surface area contributed by atoms with Crippen LogP contribution in [-0.4, -0.2) is 23.0 Å². The molecule has 0 aliphatic heterocycles. The molecule has 0 unspecified atom stereocenters. The highest BCUT2D eigenvalue weighted by Gasteiger charge is 2.18. The molecule has 7 nitrogen and oxygen atoms in total. The van der Waals surface area contributed by atoms with Gasteiger partial charge in [0.2, 0.25) is 5.82 Å². The Bertz CT molecular complexity index is 1950. The second kappa shape index (κ2) is 11.0. The number of fused-ring (bicyclic) bond motifs is 2. The quantitative estimate of drug-likeness (QED) is 0.172. The molecule has 0 spiro atoms. The lowest BCUT2D eigenvalue weighted by Crippen LogP contribution is -2.20. The molecule has 2 heterocycles. The van der Waals surface area contributed by atoms with Crippen molar-refractivity contribution in [2.24, 2.45) is 5.10 Å². The molecule has 0 saturated heterocycles. The lowest BCUT2D eigenvalue weighted by atomic mass is 10.2. The highest BCUT2D eigenvalue weighted by molar-refractivity contribution is 9.10. The number of ether oxygens (including phenoxy) is 2. The zero-order chi connectivity index (χ0) is 27.6. The first-order valence-electron chi connectivity index (χ1n) is 12.3. The molecule has 6 rings (SSSR count). The number of halogens is 2. The summed E-state index contributed by atoms with van der Waals surface area (Å²) in [6.45, 7) is 0.379. The summed E-state index contributed by atoms with van der Waals surface area (Å²) in [4.78, 5) is 18.3. The summed E-state index contributed by atoms with van der Waals surface area (Å²) in [7, 11) is 1.60. The molecule has 0 atom stereocenters. The first-order chi connectivity index (χ1) is 19.5. The predicted octanol–water partition coefficient (Wildman–Crippen LogP) is 7.70. The van der Waals surface area contributed by atoms with Crippen molar-refractivity contribution in [1.82, 2.24) is 9.66 Å². The number of aromatic nitrogens is 2. The highest BCUT2D eigenvalue weighted by atomic mass is 79.9. The van der Waals surface area contributed by atoms with Crippen LogP contribution < -0.4 is 15.0 Å². The van der Waals surface area contributed by atoms with Crippen LogP contribution in [-0.2, 0) is 6.61 Å². The van der Waals surface area contributed by atoms with Gasteiger partial charge in [0.25, 0.3) is 5.56 Å². The Morgan fingerprint density at radius 2 is 1.80 bits per heavy atom. The molecule has 0 radical (unpaired) electrons. The average molecular weight is 615 g/mol. The summed E-state index contributed by atoms with van der Waals surface area (Å²) in [5.74, 6) is 1.85. The minimum Gasteiger partial charge on any atom is -0.496 e. The molecule has 0 aliphatic rings. The Hall–Kier alpha value is -4.40. The molecular formula is C31H21BrClN3O4.